The molecule has 3 aromatic heterocycles. The fourth-order valence-electron chi connectivity index (χ4n) is 4.27. The predicted octanol–water partition coefficient (Wildman–Crippen LogP) is 5.12. The topological polar surface area (TPSA) is 90.7 Å². The van der Waals surface area contributed by atoms with E-state index in [2.05, 4.69) is 15.0 Å². The third-order valence-corrected chi connectivity index (χ3v) is 6.47. The monoisotopic (exact) mass is 548 g/mol. The number of ether oxygens (including phenoxy) is 1. The van der Waals surface area contributed by atoms with Gasteiger partial charge < -0.3 is 15.4 Å². The van der Waals surface area contributed by atoms with Crippen LogP contribution in [0.2, 0.25) is 0 Å². The van der Waals surface area contributed by atoms with Crippen molar-refractivity contribution in [1.82, 2.24) is 24.1 Å². The SMILES string of the molecule is CN(C)CCn1cc(-c2ccn3c(-c4ccc(C(N)=O)c(OCc5ccc(C(F)(F)F)cc5)c4)cnc3c2)cn1. The van der Waals surface area contributed by atoms with Crippen molar-refractivity contribution >= 4 is 11.6 Å². The van der Waals surface area contributed by atoms with Crippen molar-refractivity contribution in [3.63, 3.8) is 0 Å². The molecule has 8 nitrogen and oxygen atoms in total. The lowest BCUT2D eigenvalue weighted by Gasteiger charge is -2.13. The summed E-state index contributed by atoms with van der Waals surface area (Å²) >= 11 is 0. The van der Waals surface area contributed by atoms with E-state index in [-0.39, 0.29) is 17.9 Å². The van der Waals surface area contributed by atoms with Crippen LogP contribution in [0.3, 0.4) is 0 Å². The van der Waals surface area contributed by atoms with Gasteiger partial charge in [0.15, 0.2) is 0 Å². The zero-order valence-corrected chi connectivity index (χ0v) is 21.9. The van der Waals surface area contributed by atoms with Gasteiger partial charge in [0.25, 0.3) is 5.91 Å². The van der Waals surface area contributed by atoms with Gasteiger partial charge in [-0.05, 0) is 61.6 Å². The van der Waals surface area contributed by atoms with E-state index in [4.69, 9.17) is 10.5 Å². The molecule has 0 unspecified atom stereocenters. The molecule has 0 saturated carbocycles. The number of benzene rings is 2. The van der Waals surface area contributed by atoms with Gasteiger partial charge in [-0.1, -0.05) is 18.2 Å². The molecule has 0 bridgehead atoms. The fourth-order valence-corrected chi connectivity index (χ4v) is 4.27. The highest BCUT2D eigenvalue weighted by atomic mass is 19.4. The van der Waals surface area contributed by atoms with Crippen LogP contribution < -0.4 is 10.5 Å². The van der Waals surface area contributed by atoms with E-state index in [9.17, 15) is 18.0 Å². The van der Waals surface area contributed by atoms with Crippen LogP contribution in [0.5, 0.6) is 5.75 Å². The number of pyridine rings is 1. The van der Waals surface area contributed by atoms with Gasteiger partial charge in [-0.2, -0.15) is 18.3 Å². The second-order valence-electron chi connectivity index (χ2n) is 9.64. The fraction of sp³-hybridized carbons (Fsp3) is 0.207. The summed E-state index contributed by atoms with van der Waals surface area (Å²) in [4.78, 5) is 18.7. The van der Waals surface area contributed by atoms with Crippen molar-refractivity contribution in [2.75, 3.05) is 20.6 Å². The number of imidazole rings is 1. The molecular weight excluding hydrogens is 521 g/mol. The van der Waals surface area contributed by atoms with Crippen LogP contribution in [0.4, 0.5) is 13.2 Å². The van der Waals surface area contributed by atoms with E-state index in [0.29, 0.717) is 5.56 Å². The molecule has 3 heterocycles. The van der Waals surface area contributed by atoms with Gasteiger partial charge >= 0.3 is 6.18 Å². The minimum absolute atomic E-state index is 0.0411. The van der Waals surface area contributed by atoms with E-state index in [1.807, 2.05) is 53.9 Å². The summed E-state index contributed by atoms with van der Waals surface area (Å²) in [6, 6.07) is 13.6. The summed E-state index contributed by atoms with van der Waals surface area (Å²) in [5.74, 6) is -0.454. The Hall–Kier alpha value is -4.64. The third-order valence-electron chi connectivity index (χ3n) is 6.47. The van der Waals surface area contributed by atoms with Gasteiger partial charge in [0.1, 0.15) is 18.0 Å². The zero-order valence-electron chi connectivity index (χ0n) is 21.9. The van der Waals surface area contributed by atoms with Crippen molar-refractivity contribution in [3.8, 4) is 28.1 Å². The first-order valence-corrected chi connectivity index (χ1v) is 12.5. The predicted molar refractivity (Wildman–Crippen MR) is 145 cm³/mol. The Morgan fingerprint density at radius 2 is 1.77 bits per heavy atom. The molecule has 0 fully saturated rings. The van der Waals surface area contributed by atoms with Crippen molar-refractivity contribution in [2.45, 2.75) is 19.3 Å². The number of primary amides is 1. The smallest absolute Gasteiger partial charge is 0.416 e. The molecule has 0 aliphatic heterocycles. The Labute approximate surface area is 228 Å². The number of aromatic nitrogens is 4. The second-order valence-corrected chi connectivity index (χ2v) is 9.64. The highest BCUT2D eigenvalue weighted by Gasteiger charge is 2.30. The summed E-state index contributed by atoms with van der Waals surface area (Å²) in [5.41, 5.74) is 9.65. The Morgan fingerprint density at radius 3 is 2.48 bits per heavy atom. The number of hydrogen-bond donors (Lipinski definition) is 1. The van der Waals surface area contributed by atoms with Gasteiger partial charge in [-0.15, -0.1) is 0 Å². The molecule has 11 heteroatoms. The molecule has 206 valence electrons. The van der Waals surface area contributed by atoms with Crippen LogP contribution in [0.25, 0.3) is 28.0 Å². The Balaban J connectivity index is 1.39. The maximum atomic E-state index is 12.9. The molecule has 0 saturated heterocycles. The molecule has 0 aliphatic rings. The molecule has 40 heavy (non-hydrogen) atoms. The first-order chi connectivity index (χ1) is 19.1. The average molecular weight is 549 g/mol. The number of halogens is 3. The van der Waals surface area contributed by atoms with E-state index >= 15 is 0 Å². The summed E-state index contributed by atoms with van der Waals surface area (Å²) in [6.45, 7) is 1.63. The van der Waals surface area contributed by atoms with Crippen molar-refractivity contribution in [2.24, 2.45) is 5.73 Å². The van der Waals surface area contributed by atoms with E-state index in [1.165, 1.54) is 12.1 Å². The molecule has 2 N–H and O–H groups in total. The normalized spacial score (nSPS) is 11.8. The second kappa shape index (κ2) is 10.9. The minimum atomic E-state index is -4.42. The largest absolute Gasteiger partial charge is 0.488 e. The average Bonchev–Trinajstić information content (AvgIpc) is 3.57. The molecular formula is C29H27F3N6O2. The molecule has 5 aromatic rings. The van der Waals surface area contributed by atoms with Crippen LogP contribution in [-0.2, 0) is 19.3 Å². The molecule has 5 rings (SSSR count). The van der Waals surface area contributed by atoms with Gasteiger partial charge in [-0.3, -0.25) is 13.9 Å². The van der Waals surface area contributed by atoms with Gasteiger partial charge in [0, 0.05) is 30.1 Å². The molecule has 0 radical (unpaired) electrons. The highest BCUT2D eigenvalue weighted by Crippen LogP contribution is 2.31. The van der Waals surface area contributed by atoms with Crippen LogP contribution in [0.1, 0.15) is 21.5 Å². The highest BCUT2D eigenvalue weighted by molar-refractivity contribution is 5.96. The first kappa shape index (κ1) is 26.9. The lowest BCUT2D eigenvalue weighted by atomic mass is 10.1. The maximum Gasteiger partial charge on any atom is 0.416 e. The summed E-state index contributed by atoms with van der Waals surface area (Å²) < 4.78 is 48.3. The Bertz CT molecular complexity index is 1650. The van der Waals surface area contributed by atoms with Crippen LogP contribution >= 0.6 is 0 Å². The quantitative estimate of drug-likeness (QED) is 0.276. The number of fused-ring (bicyclic) bond motifs is 1. The number of nitrogens with zero attached hydrogens (tertiary/aromatic N) is 5. The lowest BCUT2D eigenvalue weighted by Crippen LogP contribution is -2.18. The van der Waals surface area contributed by atoms with Gasteiger partial charge in [0.05, 0.1) is 35.8 Å². The van der Waals surface area contributed by atoms with Crippen LogP contribution in [0, 0.1) is 0 Å². The van der Waals surface area contributed by atoms with Gasteiger partial charge in [-0.25, -0.2) is 4.98 Å². The summed E-state index contributed by atoms with van der Waals surface area (Å²) in [7, 11) is 4.04. The van der Waals surface area contributed by atoms with E-state index in [1.54, 1.807) is 24.4 Å². The Kier molecular flexibility index (Phi) is 7.31. The molecule has 0 spiro atoms. The zero-order chi connectivity index (χ0) is 28.4. The van der Waals surface area contributed by atoms with Crippen LogP contribution in [-0.4, -0.2) is 50.6 Å². The number of rotatable bonds is 9. The number of carbonyl (C=O) groups excluding carboxylic acids is 1. The molecule has 2 aromatic carbocycles. The Morgan fingerprint density at radius 1 is 1.00 bits per heavy atom. The van der Waals surface area contributed by atoms with Crippen LogP contribution in [0.15, 0.2) is 79.4 Å². The molecule has 0 aliphatic carbocycles. The number of amides is 1. The number of carbonyl (C=O) groups is 1. The van der Waals surface area contributed by atoms with E-state index in [0.717, 1.165) is 53.3 Å². The first-order valence-electron chi connectivity index (χ1n) is 12.5. The van der Waals surface area contributed by atoms with Crippen molar-refractivity contribution in [3.05, 3.63) is 96.1 Å². The van der Waals surface area contributed by atoms with Crippen molar-refractivity contribution < 1.29 is 22.7 Å². The lowest BCUT2D eigenvalue weighted by molar-refractivity contribution is -0.137. The number of nitrogens with two attached hydrogens (primary N) is 1. The van der Waals surface area contributed by atoms with Gasteiger partial charge in [0.2, 0.25) is 0 Å². The minimum Gasteiger partial charge on any atom is -0.488 e. The molecule has 0 atom stereocenters. The maximum absolute atomic E-state index is 12.9. The van der Waals surface area contributed by atoms with Crippen molar-refractivity contribution in [1.29, 1.82) is 0 Å². The number of likely N-dealkylation sites (N-methyl/N-ethyl adjacent to an activating group) is 1. The standard InChI is InChI=1S/C29H27F3N6O2/c1-36(2)11-12-37-17-22(15-35-37)20-9-10-38-25(16-34-27(38)14-20)21-5-8-24(28(33)39)26(13-21)40-18-19-3-6-23(7-4-19)29(30,31)32/h3-10,13-17H,11-12,18H2,1-2H3,(H2,33,39). The van der Waals surface area contributed by atoms with E-state index < -0.39 is 17.6 Å². The summed E-state index contributed by atoms with van der Waals surface area (Å²) in [5, 5.41) is 4.45. The number of alkyl halides is 3. The summed E-state index contributed by atoms with van der Waals surface area (Å²) in [6.07, 6.45) is 3.04. The molecule has 1 amide bonds. The number of hydrogen-bond acceptors (Lipinski definition) is 5. The third kappa shape index (κ3) is 5.84.